The van der Waals surface area contributed by atoms with E-state index in [4.69, 9.17) is 14.6 Å². The van der Waals surface area contributed by atoms with E-state index in [-0.39, 0.29) is 5.91 Å². The predicted octanol–water partition coefficient (Wildman–Crippen LogP) is 5.68. The first kappa shape index (κ1) is 23.3. The van der Waals surface area contributed by atoms with Gasteiger partial charge in [-0.05, 0) is 70.4 Å². The first-order valence-electron chi connectivity index (χ1n) is 11.5. The van der Waals surface area contributed by atoms with Crippen LogP contribution in [-0.4, -0.2) is 33.7 Å². The lowest BCUT2D eigenvalue weighted by Crippen LogP contribution is -2.17. The van der Waals surface area contributed by atoms with Crippen molar-refractivity contribution < 1.29 is 14.3 Å². The second kappa shape index (κ2) is 9.55. The summed E-state index contributed by atoms with van der Waals surface area (Å²) in [6, 6.07) is 11.8. The maximum Gasteiger partial charge on any atom is 0.259 e. The molecule has 176 valence electrons. The van der Waals surface area contributed by atoms with Gasteiger partial charge in [0, 0.05) is 17.4 Å². The zero-order valence-corrected chi connectivity index (χ0v) is 20.5. The molecule has 0 spiro atoms. The van der Waals surface area contributed by atoms with Crippen LogP contribution in [0.2, 0.25) is 0 Å². The fourth-order valence-corrected chi connectivity index (χ4v) is 4.16. The third-order valence-corrected chi connectivity index (χ3v) is 5.86. The molecule has 0 unspecified atom stereocenters. The largest absolute Gasteiger partial charge is 0.490 e. The number of hydrogen-bond acceptors (Lipinski definition) is 5. The van der Waals surface area contributed by atoms with Crippen LogP contribution in [0.25, 0.3) is 16.8 Å². The van der Waals surface area contributed by atoms with Crippen molar-refractivity contribution in [3.05, 3.63) is 70.7 Å². The average molecular weight is 459 g/mol. The van der Waals surface area contributed by atoms with E-state index >= 15 is 0 Å². The number of carbonyl (C=O) groups is 1. The minimum atomic E-state index is -0.210. The number of carbonyl (C=O) groups excluding carboxylic acids is 1. The summed E-state index contributed by atoms with van der Waals surface area (Å²) >= 11 is 0. The summed E-state index contributed by atoms with van der Waals surface area (Å²) in [5.41, 5.74) is 7.37. The second-order valence-electron chi connectivity index (χ2n) is 8.20. The maximum absolute atomic E-state index is 13.1. The number of hydrogen-bond donors (Lipinski definition) is 1. The number of para-hydroxylation sites is 1. The van der Waals surface area contributed by atoms with E-state index in [0.717, 1.165) is 39.3 Å². The summed E-state index contributed by atoms with van der Waals surface area (Å²) in [7, 11) is 0. The summed E-state index contributed by atoms with van der Waals surface area (Å²) in [6.07, 6.45) is 1.62. The summed E-state index contributed by atoms with van der Waals surface area (Å²) in [4.78, 5) is 17.8. The van der Waals surface area contributed by atoms with E-state index in [1.165, 1.54) is 0 Å². The number of nitrogens with one attached hydrogen (secondary N) is 1. The molecule has 0 radical (unpaired) electrons. The molecule has 0 bridgehead atoms. The van der Waals surface area contributed by atoms with E-state index in [9.17, 15) is 4.79 Å². The van der Waals surface area contributed by atoms with Gasteiger partial charge in [-0.15, -0.1) is 0 Å². The number of amides is 1. The molecule has 0 saturated heterocycles. The molecule has 0 atom stereocenters. The Morgan fingerprint density at radius 3 is 2.32 bits per heavy atom. The minimum Gasteiger partial charge on any atom is -0.490 e. The summed E-state index contributed by atoms with van der Waals surface area (Å²) in [6.45, 7) is 12.8. The van der Waals surface area contributed by atoms with Crippen molar-refractivity contribution in [1.82, 2.24) is 14.6 Å². The van der Waals surface area contributed by atoms with Crippen LogP contribution in [0, 0.1) is 27.7 Å². The molecule has 2 heterocycles. The third kappa shape index (κ3) is 4.21. The number of nitrogens with zero attached hydrogens (tertiary/aromatic N) is 3. The number of ether oxygens (including phenoxy) is 2. The number of fused-ring (bicyclic) bond motifs is 1. The van der Waals surface area contributed by atoms with Crippen LogP contribution >= 0.6 is 0 Å². The molecule has 0 aliphatic carbocycles. The lowest BCUT2D eigenvalue weighted by molar-refractivity contribution is 0.102. The Morgan fingerprint density at radius 1 is 0.971 bits per heavy atom. The van der Waals surface area contributed by atoms with Crippen molar-refractivity contribution in [3.63, 3.8) is 0 Å². The lowest BCUT2D eigenvalue weighted by Gasteiger charge is -2.13. The first-order chi connectivity index (χ1) is 16.3. The average Bonchev–Trinajstić information content (AvgIpc) is 3.15. The van der Waals surface area contributed by atoms with Crippen LogP contribution in [0.3, 0.4) is 0 Å². The normalized spacial score (nSPS) is 11.0. The molecule has 7 heteroatoms. The van der Waals surface area contributed by atoms with Gasteiger partial charge in [0.05, 0.1) is 30.2 Å². The Labute approximate surface area is 199 Å². The van der Waals surface area contributed by atoms with Gasteiger partial charge in [-0.3, -0.25) is 4.79 Å². The van der Waals surface area contributed by atoms with E-state index < -0.39 is 0 Å². The Hall–Kier alpha value is -3.87. The van der Waals surface area contributed by atoms with Crippen molar-refractivity contribution in [3.8, 4) is 22.6 Å². The molecule has 0 aliphatic rings. The van der Waals surface area contributed by atoms with Crippen LogP contribution in [0.15, 0.2) is 42.6 Å². The van der Waals surface area contributed by atoms with Gasteiger partial charge in [0.2, 0.25) is 0 Å². The van der Waals surface area contributed by atoms with Gasteiger partial charge >= 0.3 is 0 Å². The van der Waals surface area contributed by atoms with E-state index in [2.05, 4.69) is 10.3 Å². The zero-order chi connectivity index (χ0) is 24.4. The van der Waals surface area contributed by atoms with Crippen molar-refractivity contribution in [2.45, 2.75) is 41.5 Å². The number of anilines is 1. The molecule has 7 nitrogen and oxygen atoms in total. The van der Waals surface area contributed by atoms with Crippen LogP contribution in [0.4, 0.5) is 5.69 Å². The SMILES string of the molecule is CCOc1ccc(-c2c(C)nn3c(C)c(C(=O)Nc4c(C)cccc4C)cnc23)cc1OCC. The van der Waals surface area contributed by atoms with E-state index in [1.54, 1.807) is 10.7 Å². The molecule has 0 saturated carbocycles. The molecule has 2 aromatic heterocycles. The highest BCUT2D eigenvalue weighted by atomic mass is 16.5. The summed E-state index contributed by atoms with van der Waals surface area (Å²) in [5, 5.41) is 7.75. The first-order valence-corrected chi connectivity index (χ1v) is 11.5. The molecule has 1 N–H and O–H groups in total. The zero-order valence-electron chi connectivity index (χ0n) is 20.5. The van der Waals surface area contributed by atoms with Crippen LogP contribution in [0.1, 0.15) is 46.7 Å². The Kier molecular flexibility index (Phi) is 6.54. The van der Waals surface area contributed by atoms with Crippen molar-refractivity contribution in [1.29, 1.82) is 0 Å². The standard InChI is InChI=1S/C27H30N4O3/c1-7-33-22-13-12-20(14-23(22)34-8-2)24-18(5)30-31-19(6)21(15-28-26(24)31)27(32)29-25-16(3)10-9-11-17(25)4/h9-15H,7-8H2,1-6H3,(H,29,32). The quantitative estimate of drug-likeness (QED) is 0.386. The molecule has 34 heavy (non-hydrogen) atoms. The van der Waals surface area contributed by atoms with Crippen molar-refractivity contribution in [2.24, 2.45) is 0 Å². The lowest BCUT2D eigenvalue weighted by atomic mass is 10.1. The maximum atomic E-state index is 13.1. The number of aromatic nitrogens is 3. The predicted molar refractivity (Wildman–Crippen MR) is 134 cm³/mol. The van der Waals surface area contributed by atoms with Gasteiger partial charge in [-0.25, -0.2) is 9.50 Å². The van der Waals surface area contributed by atoms with Crippen molar-refractivity contribution >= 4 is 17.2 Å². The fraction of sp³-hybridized carbons (Fsp3) is 0.296. The topological polar surface area (TPSA) is 77.8 Å². The molecule has 2 aromatic carbocycles. The van der Waals surface area contributed by atoms with Gasteiger partial charge in [-0.2, -0.15) is 5.10 Å². The third-order valence-electron chi connectivity index (χ3n) is 5.86. The number of benzene rings is 2. The minimum absolute atomic E-state index is 0.210. The van der Waals surface area contributed by atoms with Crippen LogP contribution in [-0.2, 0) is 0 Å². The Balaban J connectivity index is 1.75. The molecule has 0 aliphatic heterocycles. The molecule has 0 fully saturated rings. The van der Waals surface area contributed by atoms with E-state index in [0.29, 0.717) is 35.9 Å². The highest BCUT2D eigenvalue weighted by Crippen LogP contribution is 2.36. The van der Waals surface area contributed by atoms with E-state index in [1.807, 2.05) is 77.9 Å². The van der Waals surface area contributed by atoms with Crippen LogP contribution in [0.5, 0.6) is 11.5 Å². The molecule has 4 rings (SSSR count). The smallest absolute Gasteiger partial charge is 0.259 e. The molecular formula is C27H30N4O3. The van der Waals surface area contributed by atoms with Crippen molar-refractivity contribution in [2.75, 3.05) is 18.5 Å². The number of rotatable bonds is 7. The highest BCUT2D eigenvalue weighted by molar-refractivity contribution is 6.05. The van der Waals surface area contributed by atoms with Gasteiger partial charge in [0.15, 0.2) is 17.1 Å². The monoisotopic (exact) mass is 458 g/mol. The number of aryl methyl sites for hydroxylation is 4. The molecule has 1 amide bonds. The highest BCUT2D eigenvalue weighted by Gasteiger charge is 2.20. The summed E-state index contributed by atoms with van der Waals surface area (Å²) in [5.74, 6) is 1.18. The fourth-order valence-electron chi connectivity index (χ4n) is 4.16. The summed E-state index contributed by atoms with van der Waals surface area (Å²) < 4.78 is 13.2. The van der Waals surface area contributed by atoms with Gasteiger partial charge < -0.3 is 14.8 Å². The second-order valence-corrected chi connectivity index (χ2v) is 8.20. The molecule has 4 aromatic rings. The van der Waals surface area contributed by atoms with Crippen LogP contribution < -0.4 is 14.8 Å². The Bertz CT molecular complexity index is 1350. The Morgan fingerprint density at radius 2 is 1.65 bits per heavy atom. The van der Waals surface area contributed by atoms with Gasteiger partial charge in [-0.1, -0.05) is 24.3 Å². The van der Waals surface area contributed by atoms with Gasteiger partial charge in [0.1, 0.15) is 0 Å². The molecular weight excluding hydrogens is 428 g/mol. The van der Waals surface area contributed by atoms with Gasteiger partial charge in [0.25, 0.3) is 5.91 Å².